The zero-order valence-electron chi connectivity index (χ0n) is 15.8. The highest BCUT2D eigenvalue weighted by Crippen LogP contribution is 2.18. The number of carbonyl (C=O) groups is 2. The summed E-state index contributed by atoms with van der Waals surface area (Å²) in [5.74, 6) is -0.00333. The minimum absolute atomic E-state index is 0.218. The van der Waals surface area contributed by atoms with E-state index in [4.69, 9.17) is 4.74 Å². The number of aryl methyl sites for hydroxylation is 1. The van der Waals surface area contributed by atoms with E-state index in [0.717, 1.165) is 10.8 Å². The molecule has 2 N–H and O–H groups in total. The number of likely N-dealkylation sites (N-methyl/N-ethyl adjacent to an activating group) is 1. The maximum absolute atomic E-state index is 12.9. The van der Waals surface area contributed by atoms with Gasteiger partial charge in [0.25, 0.3) is 5.91 Å². The molecule has 2 amide bonds. The van der Waals surface area contributed by atoms with E-state index in [9.17, 15) is 9.59 Å². The number of amides is 2. The third-order valence-corrected chi connectivity index (χ3v) is 4.42. The second kappa shape index (κ2) is 9.05. The molecule has 0 radical (unpaired) electrons. The van der Waals surface area contributed by atoms with Crippen LogP contribution in [0.4, 0.5) is 0 Å². The standard InChI is InChI=1S/C19H22N6O3/c1-20-19(27)16(10-11-17-22-23-24-25(17)12-28-2)21-18(26)15-9-5-7-13-6-3-4-8-14(13)15/h3-9,16H,10-12H2,1-2H3,(H,20,27)(H,21,26)/t16-/m0/s1. The second-order valence-corrected chi connectivity index (χ2v) is 6.22. The van der Waals surface area contributed by atoms with Crippen LogP contribution in [0.3, 0.4) is 0 Å². The van der Waals surface area contributed by atoms with E-state index in [0.29, 0.717) is 24.2 Å². The molecule has 0 saturated heterocycles. The Bertz CT molecular complexity index is 966. The Morgan fingerprint density at radius 2 is 1.96 bits per heavy atom. The lowest BCUT2D eigenvalue weighted by molar-refractivity contribution is -0.122. The monoisotopic (exact) mass is 382 g/mol. The molecule has 0 fully saturated rings. The molecule has 0 aliphatic heterocycles. The normalized spacial score (nSPS) is 11.9. The molecular formula is C19H22N6O3. The lowest BCUT2D eigenvalue weighted by atomic mass is 10.0. The van der Waals surface area contributed by atoms with E-state index >= 15 is 0 Å². The average Bonchev–Trinajstić information content (AvgIpc) is 3.17. The van der Waals surface area contributed by atoms with Crippen LogP contribution in [0.15, 0.2) is 42.5 Å². The van der Waals surface area contributed by atoms with Crippen molar-refractivity contribution in [3.05, 3.63) is 53.9 Å². The fourth-order valence-corrected chi connectivity index (χ4v) is 3.00. The van der Waals surface area contributed by atoms with Crippen LogP contribution in [0.2, 0.25) is 0 Å². The Kier molecular flexibility index (Phi) is 6.28. The zero-order chi connectivity index (χ0) is 19.9. The van der Waals surface area contributed by atoms with Gasteiger partial charge in [0.2, 0.25) is 5.91 Å². The van der Waals surface area contributed by atoms with Crippen molar-refractivity contribution in [1.82, 2.24) is 30.8 Å². The van der Waals surface area contributed by atoms with Crippen molar-refractivity contribution in [2.24, 2.45) is 0 Å². The molecule has 0 aliphatic rings. The maximum Gasteiger partial charge on any atom is 0.252 e. The van der Waals surface area contributed by atoms with Crippen molar-refractivity contribution < 1.29 is 14.3 Å². The summed E-state index contributed by atoms with van der Waals surface area (Å²) >= 11 is 0. The summed E-state index contributed by atoms with van der Waals surface area (Å²) in [6.07, 6.45) is 0.754. The van der Waals surface area contributed by atoms with Crippen LogP contribution < -0.4 is 10.6 Å². The molecule has 9 nitrogen and oxygen atoms in total. The fourth-order valence-electron chi connectivity index (χ4n) is 3.00. The molecule has 2 aromatic carbocycles. The molecule has 28 heavy (non-hydrogen) atoms. The van der Waals surface area contributed by atoms with E-state index in [1.54, 1.807) is 13.2 Å². The molecule has 146 valence electrons. The molecule has 1 aromatic heterocycles. The molecule has 3 rings (SSSR count). The Hall–Kier alpha value is -3.33. The number of methoxy groups -OCH3 is 1. The van der Waals surface area contributed by atoms with Gasteiger partial charge in [-0.2, -0.15) is 0 Å². The number of benzene rings is 2. The van der Waals surface area contributed by atoms with E-state index < -0.39 is 6.04 Å². The van der Waals surface area contributed by atoms with Gasteiger partial charge in [0.05, 0.1) is 0 Å². The number of hydrogen-bond acceptors (Lipinski definition) is 6. The van der Waals surface area contributed by atoms with Gasteiger partial charge in [0.1, 0.15) is 12.8 Å². The van der Waals surface area contributed by atoms with E-state index in [1.165, 1.54) is 11.7 Å². The summed E-state index contributed by atoms with van der Waals surface area (Å²) in [5.41, 5.74) is 0.524. The highest BCUT2D eigenvalue weighted by molar-refractivity contribution is 6.08. The summed E-state index contributed by atoms with van der Waals surface area (Å²) in [6, 6.07) is 12.4. The smallest absolute Gasteiger partial charge is 0.252 e. The number of aromatic nitrogens is 4. The van der Waals surface area contributed by atoms with Crippen molar-refractivity contribution in [1.29, 1.82) is 0 Å². The first-order valence-corrected chi connectivity index (χ1v) is 8.88. The lowest BCUT2D eigenvalue weighted by Crippen LogP contribution is -2.46. The summed E-state index contributed by atoms with van der Waals surface area (Å²) in [7, 11) is 3.08. The van der Waals surface area contributed by atoms with Crippen molar-refractivity contribution in [2.45, 2.75) is 25.6 Å². The molecule has 0 unspecified atom stereocenters. The molecule has 9 heteroatoms. The molecule has 0 aliphatic carbocycles. The summed E-state index contributed by atoms with van der Waals surface area (Å²) in [4.78, 5) is 25.2. The van der Waals surface area contributed by atoms with Gasteiger partial charge in [-0.3, -0.25) is 9.59 Å². The third-order valence-electron chi connectivity index (χ3n) is 4.42. The summed E-state index contributed by atoms with van der Waals surface area (Å²) < 4.78 is 6.54. The SMILES string of the molecule is CNC(=O)[C@H](CCc1nnnn1COC)NC(=O)c1cccc2ccccc12. The number of hydrogen-bond donors (Lipinski definition) is 2. The Balaban J connectivity index is 1.75. The lowest BCUT2D eigenvalue weighted by Gasteiger charge is -2.18. The Morgan fingerprint density at radius 1 is 1.18 bits per heavy atom. The third kappa shape index (κ3) is 4.32. The van der Waals surface area contributed by atoms with Gasteiger partial charge in [0.15, 0.2) is 5.82 Å². The number of fused-ring (bicyclic) bond motifs is 1. The Morgan fingerprint density at radius 3 is 2.75 bits per heavy atom. The van der Waals surface area contributed by atoms with Crippen LogP contribution >= 0.6 is 0 Å². The van der Waals surface area contributed by atoms with Gasteiger partial charge in [-0.25, -0.2) is 4.68 Å². The van der Waals surface area contributed by atoms with Crippen LogP contribution in [-0.4, -0.2) is 52.2 Å². The molecule has 0 bridgehead atoms. The van der Waals surface area contributed by atoms with Gasteiger partial charge >= 0.3 is 0 Å². The molecule has 1 atom stereocenters. The molecule has 0 saturated carbocycles. The first-order valence-electron chi connectivity index (χ1n) is 8.88. The maximum atomic E-state index is 12.9. The minimum atomic E-state index is -0.718. The molecule has 3 aromatic rings. The van der Waals surface area contributed by atoms with Crippen molar-refractivity contribution in [2.75, 3.05) is 14.2 Å². The molecule has 0 spiro atoms. The first kappa shape index (κ1) is 19.4. The van der Waals surface area contributed by atoms with Gasteiger partial charge in [0, 0.05) is 26.1 Å². The number of nitrogens with zero attached hydrogens (tertiary/aromatic N) is 4. The highest BCUT2D eigenvalue weighted by atomic mass is 16.5. The van der Waals surface area contributed by atoms with Gasteiger partial charge < -0.3 is 15.4 Å². The van der Waals surface area contributed by atoms with E-state index in [-0.39, 0.29) is 18.5 Å². The number of tetrazole rings is 1. The van der Waals surface area contributed by atoms with Crippen LogP contribution in [0.5, 0.6) is 0 Å². The summed E-state index contributed by atoms with van der Waals surface area (Å²) in [6.45, 7) is 0.218. The predicted octanol–water partition coefficient (Wildman–Crippen LogP) is 0.907. The number of nitrogens with one attached hydrogen (secondary N) is 2. The molecule has 1 heterocycles. The predicted molar refractivity (Wildman–Crippen MR) is 102 cm³/mol. The average molecular weight is 382 g/mol. The van der Waals surface area contributed by atoms with Crippen molar-refractivity contribution in [3.63, 3.8) is 0 Å². The number of carbonyl (C=O) groups excluding carboxylic acids is 2. The zero-order valence-corrected chi connectivity index (χ0v) is 15.8. The highest BCUT2D eigenvalue weighted by Gasteiger charge is 2.22. The number of rotatable bonds is 8. The van der Waals surface area contributed by atoms with Crippen LogP contribution in [-0.2, 0) is 22.7 Å². The quantitative estimate of drug-likeness (QED) is 0.599. The topological polar surface area (TPSA) is 111 Å². The van der Waals surface area contributed by atoms with Gasteiger partial charge in [-0.1, -0.05) is 36.4 Å². The fraction of sp³-hybridized carbons (Fsp3) is 0.316. The van der Waals surface area contributed by atoms with Crippen LogP contribution in [0, 0.1) is 0 Å². The number of ether oxygens (including phenoxy) is 1. The van der Waals surface area contributed by atoms with Crippen LogP contribution in [0.25, 0.3) is 10.8 Å². The second-order valence-electron chi connectivity index (χ2n) is 6.22. The largest absolute Gasteiger partial charge is 0.362 e. The van der Waals surface area contributed by atoms with Crippen molar-refractivity contribution in [3.8, 4) is 0 Å². The molecular weight excluding hydrogens is 360 g/mol. The van der Waals surface area contributed by atoms with Crippen molar-refractivity contribution >= 4 is 22.6 Å². The first-order chi connectivity index (χ1) is 13.6. The van der Waals surface area contributed by atoms with E-state index in [1.807, 2.05) is 36.4 Å². The van der Waals surface area contributed by atoms with Gasteiger partial charge in [-0.15, -0.1) is 5.10 Å². The van der Waals surface area contributed by atoms with Gasteiger partial charge in [-0.05, 0) is 33.7 Å². The van der Waals surface area contributed by atoms with Crippen LogP contribution in [0.1, 0.15) is 22.6 Å². The summed E-state index contributed by atoms with van der Waals surface area (Å²) in [5, 5.41) is 18.6. The van der Waals surface area contributed by atoms with E-state index in [2.05, 4.69) is 26.2 Å². The Labute approximate surface area is 162 Å². The minimum Gasteiger partial charge on any atom is -0.362 e.